The highest BCUT2D eigenvalue weighted by atomic mass is 16.5. The predicted molar refractivity (Wildman–Crippen MR) is 111 cm³/mol. The molecule has 0 spiro atoms. The van der Waals surface area contributed by atoms with Crippen LogP contribution in [0.3, 0.4) is 0 Å². The lowest BCUT2D eigenvalue weighted by Crippen LogP contribution is -2.56. The number of ether oxygens (including phenoxy) is 1. The second kappa shape index (κ2) is 8.07. The number of amides is 1. The van der Waals surface area contributed by atoms with E-state index in [9.17, 15) is 15.0 Å². The molecule has 5 heteroatoms. The molecule has 2 aromatic carbocycles. The van der Waals surface area contributed by atoms with E-state index in [0.29, 0.717) is 30.9 Å². The van der Waals surface area contributed by atoms with Crippen LogP contribution in [0.25, 0.3) is 0 Å². The summed E-state index contributed by atoms with van der Waals surface area (Å²) >= 11 is 0. The van der Waals surface area contributed by atoms with Gasteiger partial charge in [0.15, 0.2) is 11.5 Å². The fraction of sp³-hybridized carbons (Fsp3) is 0.458. The van der Waals surface area contributed by atoms with Gasteiger partial charge in [-0.25, -0.2) is 0 Å². The van der Waals surface area contributed by atoms with Crippen LogP contribution >= 0.6 is 0 Å². The minimum Gasteiger partial charge on any atom is -0.504 e. The maximum Gasteiger partial charge on any atom is 0.254 e. The Morgan fingerprint density at radius 2 is 1.97 bits per heavy atom. The number of nitrogens with zero attached hydrogens (tertiary/aromatic N) is 1. The molecular weight excluding hydrogens is 366 g/mol. The average molecular weight is 395 g/mol. The van der Waals surface area contributed by atoms with Crippen molar-refractivity contribution in [2.75, 3.05) is 13.2 Å². The highest BCUT2D eigenvalue weighted by Crippen LogP contribution is 2.50. The van der Waals surface area contributed by atoms with Gasteiger partial charge in [-0.05, 0) is 56.0 Å². The number of benzene rings is 2. The van der Waals surface area contributed by atoms with Crippen molar-refractivity contribution in [3.63, 3.8) is 0 Å². The molecule has 1 amide bonds. The van der Waals surface area contributed by atoms with Gasteiger partial charge in [0.05, 0.1) is 18.2 Å². The van der Waals surface area contributed by atoms with Gasteiger partial charge in [0, 0.05) is 18.0 Å². The first kappa shape index (κ1) is 19.8. The van der Waals surface area contributed by atoms with E-state index in [1.54, 1.807) is 6.07 Å². The molecule has 154 valence electrons. The van der Waals surface area contributed by atoms with E-state index in [1.165, 1.54) is 0 Å². The lowest BCUT2D eigenvalue weighted by molar-refractivity contribution is -0.115. The van der Waals surface area contributed by atoms with Crippen molar-refractivity contribution in [2.24, 2.45) is 5.92 Å². The zero-order valence-electron chi connectivity index (χ0n) is 16.9. The Labute approximate surface area is 171 Å². The van der Waals surface area contributed by atoms with Crippen molar-refractivity contribution in [2.45, 2.75) is 50.7 Å². The summed E-state index contributed by atoms with van der Waals surface area (Å²) in [6.45, 7) is 2.83. The van der Waals surface area contributed by atoms with Gasteiger partial charge in [0.2, 0.25) is 0 Å². The fourth-order valence-electron chi connectivity index (χ4n) is 5.05. The van der Waals surface area contributed by atoms with Gasteiger partial charge in [0.25, 0.3) is 5.91 Å². The molecule has 1 heterocycles. The number of carbonyl (C=O) groups is 1. The van der Waals surface area contributed by atoms with Gasteiger partial charge in [-0.1, -0.05) is 37.1 Å². The SMILES string of the molecule is CCOc1cc([C@@H]2[C@H]3CCCC[C@]3(O)CCN2C(=O)c2ccccc2)ccc1O. The monoisotopic (exact) mass is 395 g/mol. The molecule has 5 nitrogen and oxygen atoms in total. The molecule has 1 saturated heterocycles. The smallest absolute Gasteiger partial charge is 0.254 e. The van der Waals surface area contributed by atoms with Crippen LogP contribution in [-0.2, 0) is 0 Å². The molecule has 2 fully saturated rings. The highest BCUT2D eigenvalue weighted by molar-refractivity contribution is 5.94. The Bertz CT molecular complexity index is 868. The van der Waals surface area contributed by atoms with E-state index >= 15 is 0 Å². The lowest BCUT2D eigenvalue weighted by Gasteiger charge is -2.52. The number of hydrogen-bond donors (Lipinski definition) is 2. The third-order valence-corrected chi connectivity index (χ3v) is 6.47. The van der Waals surface area contributed by atoms with E-state index in [4.69, 9.17) is 4.74 Å². The number of fused-ring (bicyclic) bond motifs is 1. The first-order chi connectivity index (χ1) is 14.0. The summed E-state index contributed by atoms with van der Waals surface area (Å²) in [6, 6.07) is 14.4. The summed E-state index contributed by atoms with van der Waals surface area (Å²) in [5.74, 6) is 0.458. The Hall–Kier alpha value is -2.53. The standard InChI is InChI=1S/C24H29NO4/c1-2-29-21-16-18(11-12-20(21)26)22-19-10-6-7-13-24(19,28)14-15-25(22)23(27)17-8-4-3-5-9-17/h3-5,8-9,11-12,16,19,22,26,28H,2,6-7,10,13-15H2,1H3/t19-,22-,24+/m1/s1. The average Bonchev–Trinajstić information content (AvgIpc) is 2.74. The number of piperidine rings is 1. The number of phenols is 1. The van der Waals surface area contributed by atoms with Crippen LogP contribution in [0.1, 0.15) is 61.0 Å². The molecule has 1 saturated carbocycles. The third-order valence-electron chi connectivity index (χ3n) is 6.47. The second-order valence-corrected chi connectivity index (χ2v) is 8.18. The molecule has 29 heavy (non-hydrogen) atoms. The predicted octanol–water partition coefficient (Wildman–Crippen LogP) is 4.30. The molecule has 2 aliphatic rings. The van der Waals surface area contributed by atoms with Crippen LogP contribution in [0.2, 0.25) is 0 Å². The zero-order chi connectivity index (χ0) is 20.4. The van der Waals surface area contributed by atoms with Crippen LogP contribution in [0.4, 0.5) is 0 Å². The van der Waals surface area contributed by atoms with Gasteiger partial charge in [-0.15, -0.1) is 0 Å². The second-order valence-electron chi connectivity index (χ2n) is 8.18. The summed E-state index contributed by atoms with van der Waals surface area (Å²) < 4.78 is 5.59. The van der Waals surface area contributed by atoms with Crippen molar-refractivity contribution >= 4 is 5.91 Å². The number of phenolic OH excluding ortho intramolecular Hbond substituents is 1. The van der Waals surface area contributed by atoms with Crippen LogP contribution < -0.4 is 4.74 Å². The molecule has 1 aliphatic heterocycles. The number of likely N-dealkylation sites (tertiary alicyclic amines) is 1. The number of aliphatic hydroxyl groups is 1. The molecule has 2 N–H and O–H groups in total. The van der Waals surface area contributed by atoms with Crippen molar-refractivity contribution in [1.82, 2.24) is 4.90 Å². The Kier molecular flexibility index (Phi) is 5.50. The Morgan fingerprint density at radius 3 is 2.72 bits per heavy atom. The van der Waals surface area contributed by atoms with Crippen LogP contribution in [0.15, 0.2) is 48.5 Å². The van der Waals surface area contributed by atoms with E-state index in [2.05, 4.69) is 0 Å². The topological polar surface area (TPSA) is 70.0 Å². The van der Waals surface area contributed by atoms with Gasteiger partial charge in [0.1, 0.15) is 0 Å². The van der Waals surface area contributed by atoms with Crippen molar-refractivity contribution in [1.29, 1.82) is 0 Å². The molecule has 0 aromatic heterocycles. The molecule has 2 aromatic rings. The van der Waals surface area contributed by atoms with E-state index in [0.717, 1.165) is 31.2 Å². The molecule has 0 bridgehead atoms. The van der Waals surface area contributed by atoms with Crippen LogP contribution in [0.5, 0.6) is 11.5 Å². The number of hydrogen-bond acceptors (Lipinski definition) is 4. The molecule has 0 radical (unpaired) electrons. The van der Waals surface area contributed by atoms with Crippen LogP contribution in [0, 0.1) is 5.92 Å². The van der Waals surface area contributed by atoms with Gasteiger partial charge < -0.3 is 19.8 Å². The first-order valence-corrected chi connectivity index (χ1v) is 10.6. The first-order valence-electron chi connectivity index (χ1n) is 10.6. The number of carbonyl (C=O) groups excluding carboxylic acids is 1. The van der Waals surface area contributed by atoms with E-state index < -0.39 is 5.60 Å². The summed E-state index contributed by atoms with van der Waals surface area (Å²) in [7, 11) is 0. The van der Waals surface area contributed by atoms with E-state index in [1.807, 2.05) is 54.3 Å². The Morgan fingerprint density at radius 1 is 1.17 bits per heavy atom. The zero-order valence-corrected chi connectivity index (χ0v) is 16.9. The fourth-order valence-corrected chi connectivity index (χ4v) is 5.05. The molecule has 3 atom stereocenters. The van der Waals surface area contributed by atoms with Crippen molar-refractivity contribution in [3.8, 4) is 11.5 Å². The Balaban J connectivity index is 1.77. The van der Waals surface area contributed by atoms with Crippen LogP contribution in [-0.4, -0.2) is 39.8 Å². The maximum atomic E-state index is 13.4. The summed E-state index contributed by atoms with van der Waals surface area (Å²) in [5.41, 5.74) is 0.808. The molecular formula is C24H29NO4. The van der Waals surface area contributed by atoms with Crippen molar-refractivity contribution in [3.05, 3.63) is 59.7 Å². The maximum absolute atomic E-state index is 13.4. The molecule has 0 unspecified atom stereocenters. The summed E-state index contributed by atoms with van der Waals surface area (Å²) in [5, 5.41) is 21.5. The lowest BCUT2D eigenvalue weighted by atomic mass is 9.66. The highest BCUT2D eigenvalue weighted by Gasteiger charge is 2.50. The molecule has 1 aliphatic carbocycles. The quantitative estimate of drug-likeness (QED) is 0.810. The number of rotatable bonds is 4. The molecule has 4 rings (SSSR count). The number of aromatic hydroxyl groups is 1. The normalized spacial score (nSPS) is 26.6. The summed E-state index contributed by atoms with van der Waals surface area (Å²) in [6.07, 6.45) is 4.32. The van der Waals surface area contributed by atoms with E-state index in [-0.39, 0.29) is 23.6 Å². The minimum absolute atomic E-state index is 0.0192. The largest absolute Gasteiger partial charge is 0.504 e. The van der Waals surface area contributed by atoms with Crippen molar-refractivity contribution < 1.29 is 19.7 Å². The summed E-state index contributed by atoms with van der Waals surface area (Å²) in [4.78, 5) is 15.3. The van der Waals surface area contributed by atoms with Gasteiger partial charge >= 0.3 is 0 Å². The van der Waals surface area contributed by atoms with Gasteiger partial charge in [-0.2, -0.15) is 0 Å². The van der Waals surface area contributed by atoms with Gasteiger partial charge in [-0.3, -0.25) is 4.79 Å². The minimum atomic E-state index is -0.750. The third kappa shape index (κ3) is 3.71.